The molecule has 110 valence electrons. The molecule has 1 nitrogen and oxygen atoms in total. The van der Waals surface area contributed by atoms with Gasteiger partial charge in [-0.05, 0) is 48.4 Å². The van der Waals surface area contributed by atoms with Gasteiger partial charge in [0.2, 0.25) is 0 Å². The zero-order chi connectivity index (χ0) is 14.8. The highest BCUT2D eigenvalue weighted by atomic mass is 35.5. The number of fused-ring (bicyclic) bond motifs is 1. The third-order valence-corrected chi connectivity index (χ3v) is 4.96. The Balaban J connectivity index is 1.83. The summed E-state index contributed by atoms with van der Waals surface area (Å²) in [6.45, 7) is 4.52. The van der Waals surface area contributed by atoms with Crippen molar-refractivity contribution in [3.8, 4) is 0 Å². The molecule has 21 heavy (non-hydrogen) atoms. The summed E-state index contributed by atoms with van der Waals surface area (Å²) < 4.78 is 0. The molecular weight excluding hydrogens is 278 g/mol. The van der Waals surface area contributed by atoms with Crippen LogP contribution in [0.5, 0.6) is 0 Å². The maximum absolute atomic E-state index is 6.32. The Bertz CT molecular complexity index is 622. The van der Waals surface area contributed by atoms with E-state index in [1.165, 1.54) is 29.5 Å². The van der Waals surface area contributed by atoms with E-state index in [-0.39, 0.29) is 6.04 Å². The molecule has 0 fully saturated rings. The molecule has 0 amide bonds. The highest BCUT2D eigenvalue weighted by Gasteiger charge is 2.25. The molecule has 2 unspecified atom stereocenters. The number of rotatable bonds is 3. The van der Waals surface area contributed by atoms with Crippen LogP contribution in [0.2, 0.25) is 5.02 Å². The van der Waals surface area contributed by atoms with Gasteiger partial charge >= 0.3 is 0 Å². The van der Waals surface area contributed by atoms with Crippen LogP contribution in [0.15, 0.2) is 48.5 Å². The maximum Gasteiger partial charge on any atom is 0.0453 e. The van der Waals surface area contributed by atoms with E-state index in [0.29, 0.717) is 12.0 Å². The quantitative estimate of drug-likeness (QED) is 0.774. The Labute approximate surface area is 132 Å². The lowest BCUT2D eigenvalue weighted by Gasteiger charge is -2.32. The molecule has 3 atom stereocenters. The molecule has 0 spiro atoms. The molecule has 1 aliphatic carbocycles. The number of hydrogen-bond donors (Lipinski definition) is 1. The maximum atomic E-state index is 6.32. The predicted molar refractivity (Wildman–Crippen MR) is 89.8 cm³/mol. The van der Waals surface area contributed by atoms with Crippen LogP contribution in [0.4, 0.5) is 0 Å². The molecule has 2 heteroatoms. The van der Waals surface area contributed by atoms with Gasteiger partial charge in [0.15, 0.2) is 0 Å². The normalized spacial score (nSPS) is 22.6. The van der Waals surface area contributed by atoms with Crippen molar-refractivity contribution in [1.29, 1.82) is 0 Å². The summed E-state index contributed by atoms with van der Waals surface area (Å²) in [6, 6.07) is 17.6. The van der Waals surface area contributed by atoms with Gasteiger partial charge in [-0.3, -0.25) is 0 Å². The SMILES string of the molecule is CC1CCC(N[C@H](C)c2ccccc2Cl)c2ccccc21. The third-order valence-electron chi connectivity index (χ3n) is 4.61. The van der Waals surface area contributed by atoms with Gasteiger partial charge in [0.05, 0.1) is 0 Å². The molecule has 1 aliphatic rings. The topological polar surface area (TPSA) is 12.0 Å². The minimum Gasteiger partial charge on any atom is -0.303 e. The number of nitrogens with one attached hydrogen (secondary N) is 1. The van der Waals surface area contributed by atoms with Crippen molar-refractivity contribution in [3.05, 3.63) is 70.2 Å². The zero-order valence-electron chi connectivity index (χ0n) is 12.6. The van der Waals surface area contributed by atoms with E-state index in [2.05, 4.69) is 55.6 Å². The first-order valence-corrected chi connectivity index (χ1v) is 8.14. The fourth-order valence-corrected chi connectivity index (χ4v) is 3.70. The van der Waals surface area contributed by atoms with E-state index in [1.54, 1.807) is 0 Å². The Morgan fingerprint density at radius 1 is 1.00 bits per heavy atom. The molecule has 0 aromatic heterocycles. The fourth-order valence-electron chi connectivity index (χ4n) is 3.40. The highest BCUT2D eigenvalue weighted by Crippen LogP contribution is 2.38. The van der Waals surface area contributed by atoms with Crippen molar-refractivity contribution in [1.82, 2.24) is 5.32 Å². The average Bonchev–Trinajstić information content (AvgIpc) is 2.51. The summed E-state index contributed by atoms with van der Waals surface area (Å²) in [7, 11) is 0. The lowest BCUT2D eigenvalue weighted by molar-refractivity contribution is 0.396. The van der Waals surface area contributed by atoms with Crippen molar-refractivity contribution >= 4 is 11.6 Å². The third kappa shape index (κ3) is 3.00. The first-order chi connectivity index (χ1) is 10.2. The lowest BCUT2D eigenvalue weighted by atomic mass is 9.80. The second-order valence-corrected chi connectivity index (χ2v) is 6.48. The van der Waals surface area contributed by atoms with E-state index in [4.69, 9.17) is 11.6 Å². The molecule has 0 radical (unpaired) electrons. The highest BCUT2D eigenvalue weighted by molar-refractivity contribution is 6.31. The molecule has 3 rings (SSSR count). The molecule has 0 saturated carbocycles. The van der Waals surface area contributed by atoms with Crippen molar-refractivity contribution in [2.45, 2.75) is 44.7 Å². The summed E-state index contributed by atoms with van der Waals surface area (Å²) in [6.07, 6.45) is 2.43. The smallest absolute Gasteiger partial charge is 0.0453 e. The van der Waals surface area contributed by atoms with Gasteiger partial charge in [-0.1, -0.05) is 61.0 Å². The molecular formula is C19H22ClN. The van der Waals surface area contributed by atoms with Crippen molar-refractivity contribution in [2.24, 2.45) is 0 Å². The first-order valence-electron chi connectivity index (χ1n) is 7.76. The lowest BCUT2D eigenvalue weighted by Crippen LogP contribution is -2.28. The molecule has 0 bridgehead atoms. The van der Waals surface area contributed by atoms with Crippen molar-refractivity contribution in [3.63, 3.8) is 0 Å². The summed E-state index contributed by atoms with van der Waals surface area (Å²) >= 11 is 6.32. The Morgan fingerprint density at radius 3 is 2.43 bits per heavy atom. The van der Waals surface area contributed by atoms with Crippen LogP contribution < -0.4 is 5.32 Å². The Morgan fingerprint density at radius 2 is 1.67 bits per heavy atom. The summed E-state index contributed by atoms with van der Waals surface area (Å²) in [5, 5.41) is 4.61. The molecule has 1 N–H and O–H groups in total. The largest absolute Gasteiger partial charge is 0.303 e. The number of benzene rings is 2. The van der Waals surface area contributed by atoms with Crippen molar-refractivity contribution in [2.75, 3.05) is 0 Å². The molecule has 2 aromatic rings. The first kappa shape index (κ1) is 14.6. The van der Waals surface area contributed by atoms with E-state index < -0.39 is 0 Å². The monoisotopic (exact) mass is 299 g/mol. The molecule has 0 aliphatic heterocycles. The number of halogens is 1. The molecule has 0 saturated heterocycles. The van der Waals surface area contributed by atoms with E-state index in [9.17, 15) is 0 Å². The fraction of sp³-hybridized carbons (Fsp3) is 0.368. The summed E-state index contributed by atoms with van der Waals surface area (Å²) in [4.78, 5) is 0. The van der Waals surface area contributed by atoms with Gasteiger partial charge in [-0.25, -0.2) is 0 Å². The van der Waals surface area contributed by atoms with Gasteiger partial charge in [0.25, 0.3) is 0 Å². The van der Waals surface area contributed by atoms with Crippen molar-refractivity contribution < 1.29 is 0 Å². The van der Waals surface area contributed by atoms with Gasteiger partial charge in [-0.15, -0.1) is 0 Å². The van der Waals surface area contributed by atoms with Crippen LogP contribution in [-0.2, 0) is 0 Å². The van der Waals surface area contributed by atoms with E-state index in [0.717, 1.165) is 5.02 Å². The van der Waals surface area contributed by atoms with Crippen LogP contribution in [0.25, 0.3) is 0 Å². The van der Waals surface area contributed by atoms with Crippen LogP contribution >= 0.6 is 11.6 Å². The molecule has 0 heterocycles. The minimum atomic E-state index is 0.255. The van der Waals surface area contributed by atoms with E-state index >= 15 is 0 Å². The second-order valence-electron chi connectivity index (χ2n) is 6.07. The zero-order valence-corrected chi connectivity index (χ0v) is 13.4. The standard InChI is InChI=1S/C19H22ClN/c1-13-11-12-19(17-9-4-3-7-15(13)17)21-14(2)16-8-5-6-10-18(16)20/h3-10,13-14,19,21H,11-12H2,1-2H3/t13?,14-,19?/m1/s1. The number of hydrogen-bond acceptors (Lipinski definition) is 1. The minimum absolute atomic E-state index is 0.255. The predicted octanol–water partition coefficient (Wildman–Crippen LogP) is 5.63. The summed E-state index contributed by atoms with van der Waals surface area (Å²) in [5.41, 5.74) is 4.12. The van der Waals surface area contributed by atoms with Crippen LogP contribution in [0.3, 0.4) is 0 Å². The summed E-state index contributed by atoms with van der Waals surface area (Å²) in [5.74, 6) is 0.662. The van der Waals surface area contributed by atoms with E-state index in [1.807, 2.05) is 12.1 Å². The van der Waals surface area contributed by atoms with Gasteiger partial charge < -0.3 is 5.32 Å². The second kappa shape index (κ2) is 6.21. The average molecular weight is 300 g/mol. The van der Waals surface area contributed by atoms with Crippen LogP contribution in [-0.4, -0.2) is 0 Å². The Kier molecular flexibility index (Phi) is 4.32. The van der Waals surface area contributed by atoms with Gasteiger partial charge in [0, 0.05) is 17.1 Å². The molecule has 2 aromatic carbocycles. The Hall–Kier alpha value is -1.31. The van der Waals surface area contributed by atoms with Gasteiger partial charge in [-0.2, -0.15) is 0 Å². The van der Waals surface area contributed by atoms with Crippen LogP contribution in [0, 0.1) is 0 Å². The van der Waals surface area contributed by atoms with Crippen LogP contribution in [0.1, 0.15) is 61.4 Å². The van der Waals surface area contributed by atoms with Gasteiger partial charge in [0.1, 0.15) is 0 Å².